The highest BCUT2D eigenvalue weighted by molar-refractivity contribution is 7.97. The first-order valence-corrected chi connectivity index (χ1v) is 3.58. The first-order chi connectivity index (χ1) is 5.74. The molecule has 12 heavy (non-hydrogen) atoms. The average Bonchev–Trinajstić information content (AvgIpc) is 2.06. The summed E-state index contributed by atoms with van der Waals surface area (Å²) in [4.78, 5) is 10.7. The number of nitriles is 1. The largest absolute Gasteiger partial charge is 0.388 e. The molecule has 0 radical (unpaired) electrons. The van der Waals surface area contributed by atoms with Crippen LogP contribution in [0.1, 0.15) is 10.4 Å². The van der Waals surface area contributed by atoms with Gasteiger partial charge in [0.25, 0.3) is 6.26 Å². The molecule has 0 fully saturated rings. The Morgan fingerprint density at radius 3 is 2.42 bits per heavy atom. The van der Waals surface area contributed by atoms with Crippen LogP contribution in [0.2, 0.25) is 0 Å². The van der Waals surface area contributed by atoms with Crippen molar-refractivity contribution < 1.29 is 9.53 Å². The summed E-state index contributed by atoms with van der Waals surface area (Å²) in [5, 5.41) is 7.84. The zero-order chi connectivity index (χ0) is 8.97. The molecule has 4 heteroatoms. The maximum Gasteiger partial charge on any atom is 0.292 e. The summed E-state index contributed by atoms with van der Waals surface area (Å²) < 4.78 is 4.51. The lowest BCUT2D eigenvalue weighted by molar-refractivity contribution is 0.109. The molecule has 1 aromatic carbocycles. The molecule has 0 aliphatic rings. The second-order valence-electron chi connectivity index (χ2n) is 2.02. The first-order valence-electron chi connectivity index (χ1n) is 3.13. The second-order valence-corrected chi connectivity index (χ2v) is 2.43. The van der Waals surface area contributed by atoms with E-state index in [1.807, 2.05) is 0 Å². The molecule has 1 aromatic rings. The van der Waals surface area contributed by atoms with Crippen molar-refractivity contribution in [2.75, 3.05) is 0 Å². The maximum absolute atomic E-state index is 10.7. The molecular weight excluding hydrogens is 174 g/mol. The van der Waals surface area contributed by atoms with E-state index in [4.69, 9.17) is 5.26 Å². The van der Waals surface area contributed by atoms with Gasteiger partial charge in [-0.05, 0) is 24.3 Å². The number of thiol groups is 1. The third-order valence-electron chi connectivity index (χ3n) is 1.26. The van der Waals surface area contributed by atoms with E-state index in [1.165, 1.54) is 18.4 Å². The molecule has 0 atom stereocenters. The summed E-state index contributed by atoms with van der Waals surface area (Å²) in [6.07, 6.45) is 1.53. The second kappa shape index (κ2) is 3.79. The molecular formula is C8H5NO2S. The number of rotatable bonds is 2. The zero-order valence-corrected chi connectivity index (χ0v) is 6.91. The van der Waals surface area contributed by atoms with Crippen LogP contribution in [0.25, 0.3) is 0 Å². The number of nitrogens with zero attached hydrogens (tertiary/aromatic N) is 1. The molecule has 1 rings (SSSR count). The molecule has 0 aliphatic heterocycles. The van der Waals surface area contributed by atoms with Gasteiger partial charge in [0.1, 0.15) is 5.75 Å². The summed E-state index contributed by atoms with van der Waals surface area (Å²) in [7, 11) is 0. The van der Waals surface area contributed by atoms with E-state index in [1.54, 1.807) is 12.1 Å². The minimum absolute atomic E-state index is 0.307. The molecule has 0 unspecified atom stereocenters. The van der Waals surface area contributed by atoms with Crippen LogP contribution in [-0.4, -0.2) is 5.12 Å². The molecule has 0 N–H and O–H groups in total. The van der Waals surface area contributed by atoms with E-state index in [0.717, 1.165) is 0 Å². The maximum atomic E-state index is 10.7. The fourth-order valence-electron chi connectivity index (χ4n) is 0.718. The smallest absolute Gasteiger partial charge is 0.292 e. The standard InChI is InChI=1S/C8H5NO2S/c9-5-11-7-3-1-6(2-4-7)8(10)12/h1-4H,(H,10,12). The Bertz CT molecular complexity index is 326. The Kier molecular flexibility index (Phi) is 2.72. The quantitative estimate of drug-likeness (QED) is 0.554. The summed E-state index contributed by atoms with van der Waals surface area (Å²) in [5.41, 5.74) is 0.476. The van der Waals surface area contributed by atoms with Crippen LogP contribution >= 0.6 is 12.6 Å². The van der Waals surface area contributed by atoms with Gasteiger partial charge in [-0.1, -0.05) is 0 Å². The van der Waals surface area contributed by atoms with E-state index in [0.29, 0.717) is 11.3 Å². The number of hydrogen-bond donors (Lipinski definition) is 1. The van der Waals surface area contributed by atoms with E-state index in [9.17, 15) is 4.79 Å². The summed E-state index contributed by atoms with van der Waals surface area (Å²) in [6.45, 7) is 0. The van der Waals surface area contributed by atoms with Crippen molar-refractivity contribution in [1.82, 2.24) is 0 Å². The van der Waals surface area contributed by atoms with Crippen molar-refractivity contribution >= 4 is 17.7 Å². The predicted octanol–water partition coefficient (Wildman–Crippen LogP) is 1.62. The SMILES string of the molecule is N#COc1ccc(C(=O)S)cc1. The molecule has 60 valence electrons. The molecule has 3 nitrogen and oxygen atoms in total. The third kappa shape index (κ3) is 2.01. The van der Waals surface area contributed by atoms with Crippen molar-refractivity contribution in [3.05, 3.63) is 29.8 Å². The molecule has 0 amide bonds. The lowest BCUT2D eigenvalue weighted by Gasteiger charge is -1.95. The Morgan fingerprint density at radius 2 is 2.00 bits per heavy atom. The summed E-state index contributed by atoms with van der Waals surface area (Å²) in [6, 6.07) is 6.16. The Balaban J connectivity index is 2.87. The number of carbonyl (C=O) groups excluding carboxylic acids is 1. The third-order valence-corrected chi connectivity index (χ3v) is 1.52. The summed E-state index contributed by atoms with van der Waals surface area (Å²) in [5.74, 6) is 0.413. The summed E-state index contributed by atoms with van der Waals surface area (Å²) >= 11 is 3.63. The van der Waals surface area contributed by atoms with Gasteiger partial charge in [-0.3, -0.25) is 4.79 Å². The zero-order valence-electron chi connectivity index (χ0n) is 6.02. The Labute approximate surface area is 75.0 Å². The van der Waals surface area contributed by atoms with Crippen molar-refractivity contribution in [3.63, 3.8) is 0 Å². The monoisotopic (exact) mass is 179 g/mol. The average molecular weight is 179 g/mol. The minimum atomic E-state index is -0.307. The highest BCUT2D eigenvalue weighted by Crippen LogP contribution is 2.12. The number of benzene rings is 1. The van der Waals surface area contributed by atoms with E-state index in [2.05, 4.69) is 17.4 Å². The van der Waals surface area contributed by atoms with Gasteiger partial charge in [-0.15, -0.1) is 17.9 Å². The van der Waals surface area contributed by atoms with Gasteiger partial charge in [0.05, 0.1) is 0 Å². The molecule has 0 aliphatic carbocycles. The van der Waals surface area contributed by atoms with E-state index in [-0.39, 0.29) is 5.12 Å². The fourth-order valence-corrected chi connectivity index (χ4v) is 0.867. The topological polar surface area (TPSA) is 50.1 Å². The van der Waals surface area contributed by atoms with Gasteiger partial charge < -0.3 is 4.74 Å². The molecule has 0 bridgehead atoms. The Morgan fingerprint density at radius 1 is 1.42 bits per heavy atom. The van der Waals surface area contributed by atoms with Crippen LogP contribution in [0, 0.1) is 11.5 Å². The van der Waals surface area contributed by atoms with Crippen molar-refractivity contribution in [3.8, 4) is 12.0 Å². The predicted molar refractivity (Wildman–Crippen MR) is 46.0 cm³/mol. The number of carbonyl (C=O) groups is 1. The number of hydrogen-bond acceptors (Lipinski definition) is 3. The van der Waals surface area contributed by atoms with Gasteiger partial charge >= 0.3 is 0 Å². The molecule has 0 aromatic heterocycles. The van der Waals surface area contributed by atoms with Gasteiger partial charge in [0.2, 0.25) is 5.12 Å². The molecule has 0 heterocycles. The van der Waals surface area contributed by atoms with Crippen LogP contribution < -0.4 is 4.74 Å². The van der Waals surface area contributed by atoms with Crippen LogP contribution in [0.15, 0.2) is 24.3 Å². The molecule has 0 spiro atoms. The van der Waals surface area contributed by atoms with Crippen molar-refractivity contribution in [2.45, 2.75) is 0 Å². The van der Waals surface area contributed by atoms with Crippen molar-refractivity contribution in [1.29, 1.82) is 5.26 Å². The first kappa shape index (κ1) is 8.62. The van der Waals surface area contributed by atoms with Crippen LogP contribution in [-0.2, 0) is 0 Å². The highest BCUT2D eigenvalue weighted by Gasteiger charge is 1.99. The van der Waals surface area contributed by atoms with Crippen LogP contribution in [0.3, 0.4) is 0 Å². The van der Waals surface area contributed by atoms with E-state index >= 15 is 0 Å². The highest BCUT2D eigenvalue weighted by atomic mass is 32.1. The molecule has 0 saturated carbocycles. The van der Waals surface area contributed by atoms with Gasteiger partial charge in [-0.2, -0.15) is 0 Å². The number of ether oxygens (including phenoxy) is 1. The lowest BCUT2D eigenvalue weighted by Crippen LogP contribution is -1.88. The fraction of sp³-hybridized carbons (Fsp3) is 0. The lowest BCUT2D eigenvalue weighted by atomic mass is 10.2. The van der Waals surface area contributed by atoms with Crippen LogP contribution in [0.4, 0.5) is 0 Å². The Hall–Kier alpha value is -1.47. The van der Waals surface area contributed by atoms with E-state index < -0.39 is 0 Å². The molecule has 0 saturated heterocycles. The van der Waals surface area contributed by atoms with Gasteiger partial charge in [-0.25, -0.2) is 0 Å². The minimum Gasteiger partial charge on any atom is -0.388 e. The van der Waals surface area contributed by atoms with Gasteiger partial charge in [0, 0.05) is 5.56 Å². The normalized spacial score (nSPS) is 8.67. The van der Waals surface area contributed by atoms with Gasteiger partial charge in [0.15, 0.2) is 0 Å². The van der Waals surface area contributed by atoms with Crippen LogP contribution in [0.5, 0.6) is 5.75 Å². The van der Waals surface area contributed by atoms with Crippen molar-refractivity contribution in [2.24, 2.45) is 0 Å².